The Bertz CT molecular complexity index is 411. The van der Waals surface area contributed by atoms with Crippen molar-refractivity contribution in [3.8, 4) is 0 Å². The van der Waals surface area contributed by atoms with E-state index in [0.29, 0.717) is 0 Å². The topological polar surface area (TPSA) is 48.5 Å². The predicted octanol–water partition coefficient (Wildman–Crippen LogP) is 1.03. The average molecular weight is 202 g/mol. The minimum Gasteiger partial charge on any atom is -0.384 e. The molecular formula is C11H14N4. The Balaban J connectivity index is 1.88. The van der Waals surface area contributed by atoms with Crippen molar-refractivity contribution in [1.29, 1.82) is 0 Å². The molecule has 1 aromatic carbocycles. The Morgan fingerprint density at radius 1 is 1.20 bits per heavy atom. The first-order valence-electron chi connectivity index (χ1n) is 5.34. The number of aliphatic imine (C=N–C) groups is 1. The molecule has 15 heavy (non-hydrogen) atoms. The summed E-state index contributed by atoms with van der Waals surface area (Å²) in [7, 11) is 0. The number of benzene rings is 1. The first kappa shape index (κ1) is 8.59. The summed E-state index contributed by atoms with van der Waals surface area (Å²) in [6.45, 7) is 2.85. The van der Waals surface area contributed by atoms with Gasteiger partial charge in [-0.05, 0) is 18.6 Å². The van der Waals surface area contributed by atoms with Gasteiger partial charge in [0.05, 0.1) is 6.54 Å². The van der Waals surface area contributed by atoms with Crippen LogP contribution in [0.3, 0.4) is 0 Å². The average Bonchev–Trinajstić information content (AvgIpc) is 2.87. The SMILES string of the molecule is c1cc2c(c(NC3=NCCN3)c1)CCN2. The van der Waals surface area contributed by atoms with E-state index in [1.54, 1.807) is 0 Å². The van der Waals surface area contributed by atoms with Crippen molar-refractivity contribution < 1.29 is 0 Å². The van der Waals surface area contributed by atoms with Gasteiger partial charge in [-0.15, -0.1) is 0 Å². The highest BCUT2D eigenvalue weighted by Crippen LogP contribution is 2.28. The van der Waals surface area contributed by atoms with Gasteiger partial charge in [0.2, 0.25) is 0 Å². The second kappa shape index (κ2) is 3.46. The molecule has 0 amide bonds. The van der Waals surface area contributed by atoms with Crippen LogP contribution in [0, 0.1) is 0 Å². The first-order valence-corrected chi connectivity index (χ1v) is 5.34. The van der Waals surface area contributed by atoms with Crippen LogP contribution in [0.25, 0.3) is 0 Å². The molecule has 0 radical (unpaired) electrons. The largest absolute Gasteiger partial charge is 0.384 e. The number of nitrogens with one attached hydrogen (secondary N) is 3. The number of nitrogens with zero attached hydrogens (tertiary/aromatic N) is 1. The zero-order chi connectivity index (χ0) is 10.1. The van der Waals surface area contributed by atoms with Gasteiger partial charge >= 0.3 is 0 Å². The molecule has 2 aliphatic rings. The van der Waals surface area contributed by atoms with Crippen LogP contribution in [0.15, 0.2) is 23.2 Å². The molecule has 3 rings (SSSR count). The summed E-state index contributed by atoms with van der Waals surface area (Å²) in [5.74, 6) is 0.898. The van der Waals surface area contributed by atoms with Crippen molar-refractivity contribution in [2.45, 2.75) is 6.42 Å². The number of rotatable bonds is 1. The summed E-state index contributed by atoms with van der Waals surface area (Å²) in [4.78, 5) is 4.33. The van der Waals surface area contributed by atoms with Gasteiger partial charge in [0.15, 0.2) is 5.96 Å². The first-order chi connectivity index (χ1) is 7.43. The van der Waals surface area contributed by atoms with E-state index >= 15 is 0 Å². The van der Waals surface area contributed by atoms with Crippen LogP contribution in [0.2, 0.25) is 0 Å². The fraction of sp³-hybridized carbons (Fsp3) is 0.364. The summed E-state index contributed by atoms with van der Waals surface area (Å²) in [6, 6.07) is 6.29. The molecule has 78 valence electrons. The van der Waals surface area contributed by atoms with E-state index in [2.05, 4.69) is 39.1 Å². The lowest BCUT2D eigenvalue weighted by atomic mass is 10.1. The van der Waals surface area contributed by atoms with Gasteiger partial charge in [-0.25, -0.2) is 0 Å². The molecule has 4 nitrogen and oxygen atoms in total. The lowest BCUT2D eigenvalue weighted by Gasteiger charge is -2.10. The van der Waals surface area contributed by atoms with Crippen LogP contribution in [-0.4, -0.2) is 25.6 Å². The summed E-state index contributed by atoms with van der Waals surface area (Å²) in [5.41, 5.74) is 3.79. The van der Waals surface area contributed by atoms with Gasteiger partial charge in [-0.2, -0.15) is 0 Å². The lowest BCUT2D eigenvalue weighted by molar-refractivity contribution is 0.959. The molecule has 2 heterocycles. The maximum atomic E-state index is 4.33. The van der Waals surface area contributed by atoms with E-state index in [4.69, 9.17) is 0 Å². The van der Waals surface area contributed by atoms with Gasteiger partial charge in [0.1, 0.15) is 0 Å². The van der Waals surface area contributed by atoms with Crippen molar-refractivity contribution in [2.24, 2.45) is 4.99 Å². The summed E-state index contributed by atoms with van der Waals surface area (Å²) in [5, 5.41) is 9.92. The summed E-state index contributed by atoms with van der Waals surface area (Å²) < 4.78 is 0. The zero-order valence-electron chi connectivity index (χ0n) is 8.51. The minimum absolute atomic E-state index is 0.871. The molecule has 0 aromatic heterocycles. The van der Waals surface area contributed by atoms with Crippen LogP contribution in [-0.2, 0) is 6.42 Å². The molecular weight excluding hydrogens is 188 g/mol. The molecule has 0 saturated carbocycles. The highest BCUT2D eigenvalue weighted by Gasteiger charge is 2.15. The van der Waals surface area contributed by atoms with Gasteiger partial charge in [-0.1, -0.05) is 6.07 Å². The molecule has 0 fully saturated rings. The van der Waals surface area contributed by atoms with Crippen molar-refractivity contribution in [3.05, 3.63) is 23.8 Å². The Kier molecular flexibility index (Phi) is 1.98. The fourth-order valence-corrected chi connectivity index (χ4v) is 2.07. The molecule has 0 saturated heterocycles. The highest BCUT2D eigenvalue weighted by molar-refractivity contribution is 5.96. The van der Waals surface area contributed by atoms with E-state index in [9.17, 15) is 0 Å². The summed E-state index contributed by atoms with van der Waals surface area (Å²) >= 11 is 0. The number of anilines is 2. The standard InChI is InChI=1S/C11H14N4/c1-2-9-8(4-5-12-9)10(3-1)15-11-13-6-7-14-11/h1-3,12H,4-7H2,(H2,13,14,15). The molecule has 4 heteroatoms. The second-order valence-electron chi connectivity index (χ2n) is 3.79. The number of guanidine groups is 1. The summed E-state index contributed by atoms with van der Waals surface area (Å²) in [6.07, 6.45) is 1.09. The Morgan fingerprint density at radius 2 is 2.20 bits per heavy atom. The Labute approximate surface area is 88.8 Å². The van der Waals surface area contributed by atoms with Crippen LogP contribution in [0.1, 0.15) is 5.56 Å². The van der Waals surface area contributed by atoms with Gasteiger partial charge < -0.3 is 16.0 Å². The molecule has 0 spiro atoms. The van der Waals surface area contributed by atoms with Crippen molar-refractivity contribution >= 4 is 17.3 Å². The van der Waals surface area contributed by atoms with Crippen LogP contribution in [0.5, 0.6) is 0 Å². The van der Waals surface area contributed by atoms with E-state index in [1.807, 2.05) is 0 Å². The van der Waals surface area contributed by atoms with Crippen molar-refractivity contribution in [1.82, 2.24) is 5.32 Å². The van der Waals surface area contributed by atoms with Crippen LogP contribution in [0.4, 0.5) is 11.4 Å². The maximum absolute atomic E-state index is 4.33. The highest BCUT2D eigenvalue weighted by atomic mass is 15.2. The molecule has 0 aliphatic carbocycles. The van der Waals surface area contributed by atoms with E-state index < -0.39 is 0 Å². The van der Waals surface area contributed by atoms with Gasteiger partial charge in [0, 0.05) is 30.0 Å². The molecule has 1 aromatic rings. The Hall–Kier alpha value is -1.71. The maximum Gasteiger partial charge on any atom is 0.195 e. The van der Waals surface area contributed by atoms with Crippen molar-refractivity contribution in [3.63, 3.8) is 0 Å². The minimum atomic E-state index is 0.871. The quantitative estimate of drug-likeness (QED) is 0.637. The monoisotopic (exact) mass is 202 g/mol. The van der Waals surface area contributed by atoms with Crippen LogP contribution >= 0.6 is 0 Å². The Morgan fingerprint density at radius 3 is 3.07 bits per heavy atom. The third-order valence-electron chi connectivity index (χ3n) is 2.79. The lowest BCUT2D eigenvalue weighted by Crippen LogP contribution is -2.26. The fourth-order valence-electron chi connectivity index (χ4n) is 2.07. The van der Waals surface area contributed by atoms with E-state index in [1.165, 1.54) is 16.9 Å². The smallest absolute Gasteiger partial charge is 0.195 e. The molecule has 0 atom stereocenters. The third kappa shape index (κ3) is 1.52. The van der Waals surface area contributed by atoms with E-state index in [0.717, 1.165) is 32.0 Å². The predicted molar refractivity (Wildman–Crippen MR) is 62.6 cm³/mol. The molecule has 2 aliphatic heterocycles. The molecule has 0 bridgehead atoms. The van der Waals surface area contributed by atoms with E-state index in [-0.39, 0.29) is 0 Å². The molecule has 3 N–H and O–H groups in total. The van der Waals surface area contributed by atoms with Gasteiger partial charge in [-0.3, -0.25) is 4.99 Å². The third-order valence-corrected chi connectivity index (χ3v) is 2.79. The second-order valence-corrected chi connectivity index (χ2v) is 3.79. The number of hydrogen-bond acceptors (Lipinski definition) is 4. The zero-order valence-corrected chi connectivity index (χ0v) is 8.51. The normalized spacial score (nSPS) is 17.7. The van der Waals surface area contributed by atoms with Gasteiger partial charge in [0.25, 0.3) is 0 Å². The molecule has 0 unspecified atom stereocenters. The van der Waals surface area contributed by atoms with Crippen molar-refractivity contribution in [2.75, 3.05) is 30.3 Å². The number of fused-ring (bicyclic) bond motifs is 1. The number of hydrogen-bond donors (Lipinski definition) is 3. The van der Waals surface area contributed by atoms with Crippen LogP contribution < -0.4 is 16.0 Å².